The topological polar surface area (TPSA) is 51.2 Å². The Morgan fingerprint density at radius 2 is 2.00 bits per heavy atom. The minimum atomic E-state index is -2.99. The van der Waals surface area contributed by atoms with E-state index < -0.39 is 9.84 Å². The molecule has 1 rings (SSSR count). The first-order valence-electron chi connectivity index (χ1n) is 6.60. The number of hydrogen-bond donors (Lipinski definition) is 0. The van der Waals surface area contributed by atoms with Gasteiger partial charge in [-0.1, -0.05) is 20.3 Å². The SMILES string of the molecule is CC(C)CSCC(=O)C1CCCC(S(C)(=O)=O)C1. The quantitative estimate of drug-likeness (QED) is 0.755. The molecule has 0 heterocycles. The predicted octanol–water partition coefficient (Wildman–Crippen LogP) is 2.55. The second-order valence-electron chi connectivity index (χ2n) is 5.69. The van der Waals surface area contributed by atoms with Crippen LogP contribution in [0, 0.1) is 11.8 Å². The Balaban J connectivity index is 2.44. The maximum atomic E-state index is 12.0. The van der Waals surface area contributed by atoms with Gasteiger partial charge in [0.15, 0.2) is 0 Å². The number of ketones is 1. The molecule has 106 valence electrons. The van der Waals surface area contributed by atoms with Crippen LogP contribution in [-0.4, -0.2) is 37.2 Å². The summed E-state index contributed by atoms with van der Waals surface area (Å²) in [5.41, 5.74) is 0. The standard InChI is InChI=1S/C13H24O3S2/c1-10(2)8-17-9-13(14)11-5-4-6-12(7-11)18(3,15)16/h10-12H,4-9H2,1-3H3. The monoisotopic (exact) mass is 292 g/mol. The highest BCUT2D eigenvalue weighted by molar-refractivity contribution is 7.99. The zero-order valence-corrected chi connectivity index (χ0v) is 13.1. The van der Waals surface area contributed by atoms with Crippen molar-refractivity contribution >= 4 is 27.4 Å². The molecule has 2 unspecified atom stereocenters. The van der Waals surface area contributed by atoms with Gasteiger partial charge in [0.1, 0.15) is 15.6 Å². The van der Waals surface area contributed by atoms with E-state index in [1.807, 2.05) is 0 Å². The van der Waals surface area contributed by atoms with Gasteiger partial charge in [0.2, 0.25) is 0 Å². The molecule has 2 atom stereocenters. The third kappa shape index (κ3) is 5.31. The van der Waals surface area contributed by atoms with E-state index in [2.05, 4.69) is 13.8 Å². The summed E-state index contributed by atoms with van der Waals surface area (Å²) >= 11 is 1.67. The van der Waals surface area contributed by atoms with Crippen LogP contribution < -0.4 is 0 Å². The summed E-state index contributed by atoms with van der Waals surface area (Å²) in [7, 11) is -2.99. The van der Waals surface area contributed by atoms with Gasteiger partial charge in [-0.05, 0) is 30.9 Å². The Bertz CT molecular complexity index is 374. The lowest BCUT2D eigenvalue weighted by Crippen LogP contribution is -2.31. The molecule has 5 heteroatoms. The normalized spacial score (nSPS) is 25.3. The van der Waals surface area contributed by atoms with Crippen LogP contribution in [0.1, 0.15) is 39.5 Å². The largest absolute Gasteiger partial charge is 0.298 e. The van der Waals surface area contributed by atoms with Crippen LogP contribution in [0.25, 0.3) is 0 Å². The second-order valence-corrected chi connectivity index (χ2v) is 9.05. The van der Waals surface area contributed by atoms with Crippen LogP contribution in [0.5, 0.6) is 0 Å². The minimum Gasteiger partial charge on any atom is -0.298 e. The van der Waals surface area contributed by atoms with Gasteiger partial charge in [0.25, 0.3) is 0 Å². The average molecular weight is 292 g/mol. The molecule has 0 aliphatic heterocycles. The third-order valence-corrected chi connectivity index (χ3v) is 6.41. The molecule has 0 aromatic heterocycles. The fourth-order valence-electron chi connectivity index (χ4n) is 2.34. The van der Waals surface area contributed by atoms with Gasteiger partial charge in [0.05, 0.1) is 11.0 Å². The van der Waals surface area contributed by atoms with Crippen LogP contribution in [-0.2, 0) is 14.6 Å². The molecule has 1 aliphatic rings. The number of carbonyl (C=O) groups is 1. The first-order chi connectivity index (χ1) is 8.30. The molecule has 3 nitrogen and oxygen atoms in total. The van der Waals surface area contributed by atoms with Crippen molar-refractivity contribution in [1.29, 1.82) is 0 Å². The van der Waals surface area contributed by atoms with E-state index in [0.29, 0.717) is 18.1 Å². The van der Waals surface area contributed by atoms with Crippen LogP contribution in [0.4, 0.5) is 0 Å². The first kappa shape index (κ1) is 16.0. The number of sulfone groups is 1. The average Bonchev–Trinajstić information content (AvgIpc) is 2.27. The Kier molecular flexibility index (Phi) is 6.18. The van der Waals surface area contributed by atoms with E-state index >= 15 is 0 Å². The summed E-state index contributed by atoms with van der Waals surface area (Å²) < 4.78 is 23.1. The first-order valence-corrected chi connectivity index (χ1v) is 9.71. The summed E-state index contributed by atoms with van der Waals surface area (Å²) in [4.78, 5) is 12.0. The summed E-state index contributed by atoms with van der Waals surface area (Å²) in [5.74, 6) is 2.35. The Morgan fingerprint density at radius 3 is 2.56 bits per heavy atom. The molecule has 18 heavy (non-hydrogen) atoms. The zero-order valence-electron chi connectivity index (χ0n) is 11.5. The molecule has 0 radical (unpaired) electrons. The minimum absolute atomic E-state index is 0.0295. The van der Waals surface area contributed by atoms with Gasteiger partial charge in [0, 0.05) is 12.2 Å². The van der Waals surface area contributed by atoms with E-state index in [9.17, 15) is 13.2 Å². The molecular formula is C13H24O3S2. The molecule has 0 aromatic carbocycles. The van der Waals surface area contributed by atoms with Crippen molar-refractivity contribution in [2.24, 2.45) is 11.8 Å². The molecule has 1 fully saturated rings. The number of rotatable bonds is 6. The molecular weight excluding hydrogens is 268 g/mol. The van der Waals surface area contributed by atoms with Gasteiger partial charge in [-0.3, -0.25) is 4.79 Å². The van der Waals surface area contributed by atoms with E-state index in [1.165, 1.54) is 6.26 Å². The summed E-state index contributed by atoms with van der Waals surface area (Å²) in [6.07, 6.45) is 4.29. The van der Waals surface area contributed by atoms with Crippen LogP contribution in [0.15, 0.2) is 0 Å². The molecule has 0 spiro atoms. The highest BCUT2D eigenvalue weighted by Gasteiger charge is 2.32. The van der Waals surface area contributed by atoms with Crippen molar-refractivity contribution < 1.29 is 13.2 Å². The Hall–Kier alpha value is -0.0300. The lowest BCUT2D eigenvalue weighted by molar-refractivity contribution is -0.121. The highest BCUT2D eigenvalue weighted by Crippen LogP contribution is 2.29. The van der Waals surface area contributed by atoms with Crippen molar-refractivity contribution in [2.75, 3.05) is 17.8 Å². The van der Waals surface area contributed by atoms with E-state index in [4.69, 9.17) is 0 Å². The van der Waals surface area contributed by atoms with Crippen LogP contribution >= 0.6 is 11.8 Å². The van der Waals surface area contributed by atoms with Gasteiger partial charge >= 0.3 is 0 Å². The molecule has 1 aliphatic carbocycles. The van der Waals surface area contributed by atoms with Gasteiger partial charge in [-0.25, -0.2) is 8.42 Å². The van der Waals surface area contributed by atoms with Crippen molar-refractivity contribution in [2.45, 2.75) is 44.8 Å². The van der Waals surface area contributed by atoms with E-state index in [1.54, 1.807) is 11.8 Å². The highest BCUT2D eigenvalue weighted by atomic mass is 32.2. The molecule has 0 N–H and O–H groups in total. The number of hydrogen-bond acceptors (Lipinski definition) is 4. The van der Waals surface area contributed by atoms with Gasteiger partial charge < -0.3 is 0 Å². The van der Waals surface area contributed by atoms with Crippen molar-refractivity contribution in [3.05, 3.63) is 0 Å². The zero-order chi connectivity index (χ0) is 13.8. The molecule has 0 bridgehead atoms. The third-order valence-electron chi connectivity index (χ3n) is 3.38. The summed E-state index contributed by atoms with van der Waals surface area (Å²) in [6.45, 7) is 4.27. The maximum Gasteiger partial charge on any atom is 0.150 e. The fourth-order valence-corrected chi connectivity index (χ4v) is 4.54. The Morgan fingerprint density at radius 1 is 1.33 bits per heavy atom. The molecule has 1 saturated carbocycles. The lowest BCUT2D eigenvalue weighted by atomic mass is 9.86. The van der Waals surface area contributed by atoms with Crippen molar-refractivity contribution in [1.82, 2.24) is 0 Å². The number of Topliss-reactive ketones (excluding diaryl/α,β-unsaturated/α-hetero) is 1. The lowest BCUT2D eigenvalue weighted by Gasteiger charge is -2.27. The second kappa shape index (κ2) is 6.94. The summed E-state index contributed by atoms with van der Waals surface area (Å²) in [6, 6.07) is 0. The number of carbonyl (C=O) groups excluding carboxylic acids is 1. The van der Waals surface area contributed by atoms with E-state index in [0.717, 1.165) is 25.0 Å². The van der Waals surface area contributed by atoms with Gasteiger partial charge in [-0.15, -0.1) is 0 Å². The summed E-state index contributed by atoms with van der Waals surface area (Å²) in [5, 5.41) is -0.296. The fraction of sp³-hybridized carbons (Fsp3) is 0.923. The molecule has 0 amide bonds. The smallest absolute Gasteiger partial charge is 0.150 e. The predicted molar refractivity (Wildman–Crippen MR) is 77.8 cm³/mol. The number of thioether (sulfide) groups is 1. The van der Waals surface area contributed by atoms with Crippen LogP contribution in [0.2, 0.25) is 0 Å². The van der Waals surface area contributed by atoms with E-state index in [-0.39, 0.29) is 17.0 Å². The maximum absolute atomic E-state index is 12.0. The molecule has 0 saturated heterocycles. The Labute approximate surface area is 115 Å². The molecule has 0 aromatic rings. The van der Waals surface area contributed by atoms with Crippen molar-refractivity contribution in [3.8, 4) is 0 Å². The van der Waals surface area contributed by atoms with Crippen molar-refractivity contribution in [3.63, 3.8) is 0 Å². The van der Waals surface area contributed by atoms with Gasteiger partial charge in [-0.2, -0.15) is 11.8 Å². The van der Waals surface area contributed by atoms with Crippen LogP contribution in [0.3, 0.4) is 0 Å².